The number of ether oxygens (including phenoxy) is 1. The van der Waals surface area contributed by atoms with Gasteiger partial charge in [0.2, 0.25) is 0 Å². The second kappa shape index (κ2) is 1.74. The van der Waals surface area contributed by atoms with Gasteiger partial charge in [0.25, 0.3) is 5.91 Å². The lowest BCUT2D eigenvalue weighted by Gasteiger charge is -2.09. The number of rotatable bonds is 0. The van der Waals surface area contributed by atoms with Crippen LogP contribution in [0.2, 0.25) is 0 Å². The average Bonchev–Trinajstić information content (AvgIpc) is 1.98. The Morgan fingerprint density at radius 1 is 1.75 bits per heavy atom. The summed E-state index contributed by atoms with van der Waals surface area (Å²) in [7, 11) is 1.70. The average molecular weight is 114 g/mol. The van der Waals surface area contributed by atoms with E-state index < -0.39 is 0 Å². The lowest BCUT2D eigenvalue weighted by Crippen LogP contribution is -2.21. The largest absolute Gasteiger partial charge is 0.341 e. The third-order valence-corrected chi connectivity index (χ3v) is 1.25. The molecule has 0 aromatic heterocycles. The van der Waals surface area contributed by atoms with Gasteiger partial charge in [-0.1, -0.05) is 0 Å². The molecule has 0 saturated carbocycles. The van der Waals surface area contributed by atoms with Crippen molar-refractivity contribution in [2.45, 2.75) is 6.92 Å². The maximum Gasteiger partial charge on any atom is 0.250 e. The Morgan fingerprint density at radius 3 is 2.50 bits per heavy atom. The van der Waals surface area contributed by atoms with Gasteiger partial charge < -0.3 is 9.64 Å². The Kier molecular flexibility index (Phi) is 1.21. The van der Waals surface area contributed by atoms with Crippen LogP contribution in [0.25, 0.3) is 0 Å². The van der Waals surface area contributed by atoms with Crippen LogP contribution in [-0.4, -0.2) is 24.5 Å². The Morgan fingerprint density at radius 2 is 2.38 bits per heavy atom. The van der Waals surface area contributed by atoms with Crippen LogP contribution in [0.3, 0.4) is 0 Å². The number of carbonyl (C=O) groups is 1. The fourth-order valence-electron chi connectivity index (χ4n) is 0.535. The summed E-state index contributed by atoms with van der Waals surface area (Å²) < 4.78 is 4.87. The number of hydrogen-bond acceptors (Lipinski definition) is 2. The molecule has 0 unspecified atom stereocenters. The summed E-state index contributed by atoms with van der Waals surface area (Å²) >= 11 is 0. The van der Waals surface area contributed by atoms with Gasteiger partial charge in [0, 0.05) is 7.05 Å². The molecule has 0 bridgehead atoms. The number of likely N-dealkylation sites (N-methyl/N-ethyl adjacent to an activating group) is 1. The maximum atomic E-state index is 10.6. The molecule has 1 fully saturated rings. The third-order valence-electron chi connectivity index (χ3n) is 1.25. The van der Waals surface area contributed by atoms with E-state index in [2.05, 4.69) is 0 Å². The van der Waals surface area contributed by atoms with E-state index in [0.717, 1.165) is 0 Å². The van der Waals surface area contributed by atoms with E-state index >= 15 is 0 Å². The second-order valence-corrected chi connectivity index (χ2v) is 1.76. The summed E-state index contributed by atoms with van der Waals surface area (Å²) in [6, 6.07) is 0. The smallest absolute Gasteiger partial charge is 0.250 e. The van der Waals surface area contributed by atoms with Gasteiger partial charge in [0.05, 0.1) is 0 Å². The normalized spacial score (nSPS) is 22.8. The summed E-state index contributed by atoms with van der Waals surface area (Å²) in [6.07, 6.45) is 0.690. The topological polar surface area (TPSA) is 29.5 Å². The van der Waals surface area contributed by atoms with Crippen LogP contribution in [0.4, 0.5) is 0 Å². The van der Waals surface area contributed by atoms with Crippen molar-refractivity contribution in [1.82, 2.24) is 4.90 Å². The van der Waals surface area contributed by atoms with Crippen molar-refractivity contribution in [2.24, 2.45) is 0 Å². The highest BCUT2D eigenvalue weighted by Crippen LogP contribution is 2.13. The molecule has 1 radical (unpaired) electrons. The van der Waals surface area contributed by atoms with Gasteiger partial charge in [-0.15, -0.1) is 0 Å². The predicted octanol–water partition coefficient (Wildman–Crippen LogP) is -0.0156. The second-order valence-electron chi connectivity index (χ2n) is 1.76. The lowest BCUT2D eigenvalue weighted by atomic mass is 10.6. The van der Waals surface area contributed by atoms with Gasteiger partial charge in [0.15, 0.2) is 6.23 Å². The fourth-order valence-corrected chi connectivity index (χ4v) is 0.535. The van der Waals surface area contributed by atoms with Crippen molar-refractivity contribution in [3.63, 3.8) is 0 Å². The zero-order valence-corrected chi connectivity index (χ0v) is 4.97. The Balaban J connectivity index is 2.56. The van der Waals surface area contributed by atoms with E-state index in [0.29, 0.717) is 6.23 Å². The Labute approximate surface area is 48.2 Å². The first-order valence-electron chi connectivity index (χ1n) is 2.44. The molecule has 0 aliphatic carbocycles. The van der Waals surface area contributed by atoms with Gasteiger partial charge in [-0.05, 0) is 6.92 Å². The molecule has 0 spiro atoms. The van der Waals surface area contributed by atoms with Crippen molar-refractivity contribution in [3.05, 3.63) is 6.23 Å². The summed E-state index contributed by atoms with van der Waals surface area (Å²) in [5.41, 5.74) is 0. The molecule has 3 heteroatoms. The fraction of sp³-hybridized carbons (Fsp3) is 0.600. The summed E-state index contributed by atoms with van der Waals surface area (Å²) in [6.45, 7) is 1.98. The molecule has 0 aromatic carbocycles. The molecule has 1 rings (SSSR count). The highest BCUT2D eigenvalue weighted by atomic mass is 16.5. The first-order chi connectivity index (χ1) is 3.72. The number of carbonyl (C=O) groups excluding carboxylic acids is 1. The monoisotopic (exact) mass is 114 g/mol. The molecule has 0 aromatic rings. The molecule has 1 aliphatic heterocycles. The van der Waals surface area contributed by atoms with Gasteiger partial charge in [0.1, 0.15) is 6.61 Å². The Hall–Kier alpha value is -0.570. The molecule has 1 heterocycles. The maximum absolute atomic E-state index is 10.6. The van der Waals surface area contributed by atoms with Gasteiger partial charge >= 0.3 is 0 Å². The molecule has 3 nitrogen and oxygen atoms in total. The van der Waals surface area contributed by atoms with Crippen LogP contribution >= 0.6 is 0 Å². The highest BCUT2D eigenvalue weighted by Gasteiger charge is 2.25. The van der Waals surface area contributed by atoms with Crippen LogP contribution < -0.4 is 0 Å². The van der Waals surface area contributed by atoms with Crippen molar-refractivity contribution < 1.29 is 9.53 Å². The molecule has 1 saturated heterocycles. The van der Waals surface area contributed by atoms with Gasteiger partial charge in [-0.2, -0.15) is 0 Å². The molecule has 1 amide bonds. The van der Waals surface area contributed by atoms with Crippen molar-refractivity contribution in [2.75, 3.05) is 13.7 Å². The zero-order chi connectivity index (χ0) is 6.15. The number of amides is 1. The van der Waals surface area contributed by atoms with Crippen LogP contribution in [0.15, 0.2) is 0 Å². The van der Waals surface area contributed by atoms with Gasteiger partial charge in [-0.25, -0.2) is 0 Å². The molecule has 45 valence electrons. The Bertz CT molecular complexity index is 113. The minimum Gasteiger partial charge on any atom is -0.341 e. The van der Waals surface area contributed by atoms with E-state index in [1.54, 1.807) is 14.0 Å². The molecule has 0 N–H and O–H groups in total. The zero-order valence-electron chi connectivity index (χ0n) is 4.97. The van der Waals surface area contributed by atoms with E-state index in [-0.39, 0.29) is 12.5 Å². The summed E-state index contributed by atoms with van der Waals surface area (Å²) in [4.78, 5) is 12.1. The number of hydrogen-bond donors (Lipinski definition) is 0. The minimum absolute atomic E-state index is 0.0301. The summed E-state index contributed by atoms with van der Waals surface area (Å²) in [5, 5.41) is 0. The first kappa shape index (κ1) is 5.56. The molecular weight excluding hydrogens is 106 g/mol. The van der Waals surface area contributed by atoms with Crippen LogP contribution in [0.5, 0.6) is 0 Å². The molecule has 0 atom stereocenters. The van der Waals surface area contributed by atoms with E-state index in [1.807, 2.05) is 0 Å². The number of nitrogens with zero attached hydrogens (tertiary/aromatic N) is 1. The third kappa shape index (κ3) is 0.690. The first-order valence-corrected chi connectivity index (χ1v) is 2.44. The SMILES string of the molecule is C[C]1OCC(=O)N1C. The lowest BCUT2D eigenvalue weighted by molar-refractivity contribution is -0.125. The standard InChI is InChI=1S/C5H8NO2/c1-4-6(2)5(7)3-8-4/h3H2,1-2H3. The predicted molar refractivity (Wildman–Crippen MR) is 27.6 cm³/mol. The quantitative estimate of drug-likeness (QED) is 0.443. The van der Waals surface area contributed by atoms with E-state index in [9.17, 15) is 4.79 Å². The van der Waals surface area contributed by atoms with Crippen LogP contribution in [0, 0.1) is 6.23 Å². The minimum atomic E-state index is 0.0301. The molecular formula is C5H8NO2. The molecule has 1 aliphatic rings. The van der Waals surface area contributed by atoms with Crippen molar-refractivity contribution in [1.29, 1.82) is 0 Å². The van der Waals surface area contributed by atoms with Crippen molar-refractivity contribution >= 4 is 5.91 Å². The van der Waals surface area contributed by atoms with E-state index in [1.165, 1.54) is 4.90 Å². The molecule has 8 heavy (non-hydrogen) atoms. The van der Waals surface area contributed by atoms with Crippen molar-refractivity contribution in [3.8, 4) is 0 Å². The van der Waals surface area contributed by atoms with Crippen LogP contribution in [-0.2, 0) is 9.53 Å². The highest BCUT2D eigenvalue weighted by molar-refractivity contribution is 5.79. The van der Waals surface area contributed by atoms with Gasteiger partial charge in [-0.3, -0.25) is 4.79 Å². The van der Waals surface area contributed by atoms with Crippen LogP contribution in [0.1, 0.15) is 6.92 Å². The van der Waals surface area contributed by atoms with E-state index in [4.69, 9.17) is 4.74 Å². The summed E-state index contributed by atoms with van der Waals surface area (Å²) in [5.74, 6) is 0.0301.